The molecule has 0 atom stereocenters. The molecule has 0 unspecified atom stereocenters. The Hall–Kier alpha value is -1.78. The van der Waals surface area contributed by atoms with Gasteiger partial charge in [0, 0.05) is 5.56 Å². The van der Waals surface area contributed by atoms with E-state index in [4.69, 9.17) is 5.73 Å². The summed E-state index contributed by atoms with van der Waals surface area (Å²) in [7, 11) is 0. The molecule has 4 N–H and O–H groups in total. The quantitative estimate of drug-likeness (QED) is 0.571. The minimum absolute atomic E-state index is 0.0668. The molecule has 0 spiro atoms. The molecule has 5 heteroatoms. The summed E-state index contributed by atoms with van der Waals surface area (Å²) in [5.74, 6) is -1.11. The van der Waals surface area contributed by atoms with Gasteiger partial charge < -0.3 is 10.8 Å². The molecule has 0 aromatic carbocycles. The van der Waals surface area contributed by atoms with Crippen molar-refractivity contribution in [1.82, 2.24) is 4.98 Å². The summed E-state index contributed by atoms with van der Waals surface area (Å²) < 4.78 is 0. The van der Waals surface area contributed by atoms with Crippen molar-refractivity contribution in [3.63, 3.8) is 0 Å². The molecule has 0 fully saturated rings. The maximum Gasteiger partial charge on any atom is 0.254 e. The monoisotopic (exact) mass is 194 g/mol. The molecule has 1 aliphatic rings. The number of H-pyrrole nitrogens is 1. The zero-order valence-electron chi connectivity index (χ0n) is 7.46. The number of pyridine rings is 1. The number of nitrogens with two attached hydrogens (primary N) is 1. The van der Waals surface area contributed by atoms with E-state index in [0.717, 1.165) is 6.42 Å². The Bertz CT molecular complexity index is 462. The maximum atomic E-state index is 11.3. The summed E-state index contributed by atoms with van der Waals surface area (Å²) in [6.45, 7) is 0. The van der Waals surface area contributed by atoms with Crippen molar-refractivity contribution in [2.45, 2.75) is 19.3 Å². The highest BCUT2D eigenvalue weighted by atomic mass is 16.3. The number of primary amides is 1. The van der Waals surface area contributed by atoms with Gasteiger partial charge in [-0.2, -0.15) is 0 Å². The van der Waals surface area contributed by atoms with Gasteiger partial charge in [-0.15, -0.1) is 0 Å². The molecule has 0 bridgehead atoms. The van der Waals surface area contributed by atoms with Crippen molar-refractivity contribution in [2.75, 3.05) is 0 Å². The van der Waals surface area contributed by atoms with E-state index in [1.54, 1.807) is 0 Å². The highest BCUT2D eigenvalue weighted by molar-refractivity contribution is 5.96. The van der Waals surface area contributed by atoms with Gasteiger partial charge in [0.2, 0.25) is 5.88 Å². The van der Waals surface area contributed by atoms with Crippen molar-refractivity contribution in [2.24, 2.45) is 5.73 Å². The molecule has 2 rings (SSSR count). The number of aromatic nitrogens is 1. The van der Waals surface area contributed by atoms with Crippen molar-refractivity contribution in [3.8, 4) is 5.88 Å². The standard InChI is InChI=1S/C9H10N2O3/c10-7(12)6-4-2-1-3-5(4)8(13)11-9(6)14/h1-3H2,(H2,10,12)(H2,11,13,14). The Balaban J connectivity index is 2.78. The van der Waals surface area contributed by atoms with E-state index < -0.39 is 11.8 Å². The Morgan fingerprint density at radius 1 is 1.36 bits per heavy atom. The summed E-state index contributed by atoms with van der Waals surface area (Å²) in [5.41, 5.74) is 6.05. The molecule has 1 heterocycles. The summed E-state index contributed by atoms with van der Waals surface area (Å²) in [4.78, 5) is 24.6. The number of hydrogen-bond donors (Lipinski definition) is 3. The first kappa shape index (κ1) is 8.80. The third-order valence-corrected chi connectivity index (χ3v) is 2.51. The number of hydrogen-bond acceptors (Lipinski definition) is 3. The largest absolute Gasteiger partial charge is 0.494 e. The van der Waals surface area contributed by atoms with Crippen LogP contribution in [0.4, 0.5) is 0 Å². The molecular formula is C9H10N2O3. The van der Waals surface area contributed by atoms with E-state index in [9.17, 15) is 14.7 Å². The van der Waals surface area contributed by atoms with Gasteiger partial charge >= 0.3 is 0 Å². The maximum absolute atomic E-state index is 11.3. The van der Waals surface area contributed by atoms with Gasteiger partial charge in [0.1, 0.15) is 5.56 Å². The first-order chi connectivity index (χ1) is 6.61. The summed E-state index contributed by atoms with van der Waals surface area (Å²) in [6, 6.07) is 0. The molecule has 0 saturated carbocycles. The van der Waals surface area contributed by atoms with Crippen LogP contribution in [0.25, 0.3) is 0 Å². The fourth-order valence-electron chi connectivity index (χ4n) is 1.92. The van der Waals surface area contributed by atoms with Crippen LogP contribution in [0.1, 0.15) is 27.9 Å². The molecule has 1 aromatic rings. The van der Waals surface area contributed by atoms with E-state index >= 15 is 0 Å². The number of amides is 1. The lowest BCUT2D eigenvalue weighted by molar-refractivity contribution is 0.0996. The minimum Gasteiger partial charge on any atom is -0.494 e. The van der Waals surface area contributed by atoms with Crippen LogP contribution in [0.15, 0.2) is 4.79 Å². The van der Waals surface area contributed by atoms with Gasteiger partial charge in [0.25, 0.3) is 11.5 Å². The number of aromatic hydroxyl groups is 1. The van der Waals surface area contributed by atoms with Crippen LogP contribution < -0.4 is 11.3 Å². The van der Waals surface area contributed by atoms with E-state index in [-0.39, 0.29) is 11.1 Å². The van der Waals surface area contributed by atoms with E-state index in [0.29, 0.717) is 24.0 Å². The Labute approximate surface area is 79.6 Å². The lowest BCUT2D eigenvalue weighted by Gasteiger charge is -2.05. The fourth-order valence-corrected chi connectivity index (χ4v) is 1.92. The average molecular weight is 194 g/mol. The molecular weight excluding hydrogens is 184 g/mol. The van der Waals surface area contributed by atoms with Crippen molar-refractivity contribution in [3.05, 3.63) is 27.0 Å². The molecule has 5 nitrogen and oxygen atoms in total. The number of carbonyl (C=O) groups excluding carboxylic acids is 1. The first-order valence-corrected chi connectivity index (χ1v) is 4.38. The van der Waals surface area contributed by atoms with Gasteiger partial charge in [-0.25, -0.2) is 0 Å². The Morgan fingerprint density at radius 2 is 2.00 bits per heavy atom. The molecule has 74 valence electrons. The second-order valence-corrected chi connectivity index (χ2v) is 3.35. The third kappa shape index (κ3) is 1.09. The van der Waals surface area contributed by atoms with Crippen molar-refractivity contribution < 1.29 is 9.90 Å². The molecule has 0 saturated heterocycles. The zero-order chi connectivity index (χ0) is 10.3. The van der Waals surface area contributed by atoms with Crippen LogP contribution in [0.3, 0.4) is 0 Å². The number of aromatic amines is 1. The molecule has 0 aliphatic heterocycles. The van der Waals surface area contributed by atoms with E-state index in [2.05, 4.69) is 4.98 Å². The predicted octanol–water partition coefficient (Wildman–Crippen LogP) is -0.332. The van der Waals surface area contributed by atoms with Crippen molar-refractivity contribution in [1.29, 1.82) is 0 Å². The first-order valence-electron chi connectivity index (χ1n) is 4.38. The summed E-state index contributed by atoms with van der Waals surface area (Å²) >= 11 is 0. The lowest BCUT2D eigenvalue weighted by Crippen LogP contribution is -2.20. The Morgan fingerprint density at radius 3 is 2.64 bits per heavy atom. The number of fused-ring (bicyclic) bond motifs is 1. The third-order valence-electron chi connectivity index (χ3n) is 2.51. The van der Waals surface area contributed by atoms with Gasteiger partial charge in [-0.3, -0.25) is 14.6 Å². The molecule has 1 aliphatic carbocycles. The topological polar surface area (TPSA) is 96.2 Å². The van der Waals surface area contributed by atoms with E-state index in [1.807, 2.05) is 0 Å². The number of rotatable bonds is 1. The second kappa shape index (κ2) is 2.87. The second-order valence-electron chi connectivity index (χ2n) is 3.35. The minimum atomic E-state index is -0.697. The summed E-state index contributed by atoms with van der Waals surface area (Å²) in [6.07, 6.45) is 2.10. The normalized spacial score (nSPS) is 14.0. The van der Waals surface area contributed by atoms with Crippen LogP contribution in [0.5, 0.6) is 5.88 Å². The van der Waals surface area contributed by atoms with Gasteiger partial charge in [-0.1, -0.05) is 0 Å². The zero-order valence-corrected chi connectivity index (χ0v) is 7.46. The molecule has 1 aromatic heterocycles. The van der Waals surface area contributed by atoms with Crippen molar-refractivity contribution >= 4 is 5.91 Å². The van der Waals surface area contributed by atoms with Gasteiger partial charge in [0.05, 0.1) is 0 Å². The van der Waals surface area contributed by atoms with Crippen LogP contribution in [-0.4, -0.2) is 16.0 Å². The van der Waals surface area contributed by atoms with E-state index in [1.165, 1.54) is 0 Å². The van der Waals surface area contributed by atoms with Gasteiger partial charge in [0.15, 0.2) is 0 Å². The van der Waals surface area contributed by atoms with Crippen LogP contribution in [0, 0.1) is 0 Å². The van der Waals surface area contributed by atoms with Crippen LogP contribution >= 0.6 is 0 Å². The highest BCUT2D eigenvalue weighted by Crippen LogP contribution is 2.26. The fraction of sp³-hybridized carbons (Fsp3) is 0.333. The lowest BCUT2D eigenvalue weighted by atomic mass is 10.1. The molecule has 14 heavy (non-hydrogen) atoms. The van der Waals surface area contributed by atoms with Crippen LogP contribution in [0.2, 0.25) is 0 Å². The average Bonchev–Trinajstić information content (AvgIpc) is 2.51. The highest BCUT2D eigenvalue weighted by Gasteiger charge is 2.24. The number of carbonyl (C=O) groups is 1. The summed E-state index contributed by atoms with van der Waals surface area (Å²) in [5, 5.41) is 9.37. The predicted molar refractivity (Wildman–Crippen MR) is 49.3 cm³/mol. The van der Waals surface area contributed by atoms with Gasteiger partial charge in [-0.05, 0) is 24.8 Å². The Kier molecular flexibility index (Phi) is 1.80. The van der Waals surface area contributed by atoms with Crippen LogP contribution in [-0.2, 0) is 12.8 Å². The number of nitrogens with one attached hydrogen (secondary N) is 1. The SMILES string of the molecule is NC(=O)c1c(O)[nH]c(=O)c2c1CCC2. The smallest absolute Gasteiger partial charge is 0.254 e. The molecule has 1 amide bonds. The molecule has 0 radical (unpaired) electrons.